The minimum atomic E-state index is -4.52. The van der Waals surface area contributed by atoms with Gasteiger partial charge in [-0.3, -0.25) is 4.79 Å². The van der Waals surface area contributed by atoms with Crippen molar-refractivity contribution in [1.29, 1.82) is 0 Å². The van der Waals surface area contributed by atoms with Crippen molar-refractivity contribution in [1.82, 2.24) is 20.3 Å². The SMILES string of the molecule is COc1nc(CNC(=O)c2cccc(C(F)(F)F)c2)nc(N2CCOCC2)n1. The largest absolute Gasteiger partial charge is 0.467 e. The average molecular weight is 397 g/mol. The van der Waals surface area contributed by atoms with E-state index in [2.05, 4.69) is 20.3 Å². The number of carbonyl (C=O) groups excluding carboxylic acids is 1. The molecule has 0 atom stereocenters. The van der Waals surface area contributed by atoms with Gasteiger partial charge in [-0.2, -0.15) is 28.1 Å². The van der Waals surface area contributed by atoms with Crippen molar-refractivity contribution in [3.8, 4) is 6.01 Å². The zero-order chi connectivity index (χ0) is 20.1. The molecule has 1 aromatic carbocycles. The van der Waals surface area contributed by atoms with Gasteiger partial charge in [0.15, 0.2) is 5.82 Å². The van der Waals surface area contributed by atoms with E-state index in [4.69, 9.17) is 9.47 Å². The molecule has 1 N–H and O–H groups in total. The molecule has 11 heteroatoms. The molecule has 1 aliphatic heterocycles. The highest BCUT2D eigenvalue weighted by Crippen LogP contribution is 2.29. The summed E-state index contributed by atoms with van der Waals surface area (Å²) in [5.41, 5.74) is -0.999. The maximum Gasteiger partial charge on any atom is 0.416 e. The van der Waals surface area contributed by atoms with Crippen LogP contribution in [-0.4, -0.2) is 54.3 Å². The smallest absolute Gasteiger partial charge is 0.416 e. The number of ether oxygens (including phenoxy) is 2. The number of amides is 1. The number of methoxy groups -OCH3 is 1. The summed E-state index contributed by atoms with van der Waals surface area (Å²) in [6, 6.07) is 4.27. The molecule has 1 aromatic heterocycles. The Labute approximate surface area is 158 Å². The second-order valence-electron chi connectivity index (χ2n) is 5.90. The summed E-state index contributed by atoms with van der Waals surface area (Å²) >= 11 is 0. The lowest BCUT2D eigenvalue weighted by Gasteiger charge is -2.26. The second-order valence-corrected chi connectivity index (χ2v) is 5.90. The van der Waals surface area contributed by atoms with E-state index in [-0.39, 0.29) is 23.9 Å². The number of anilines is 1. The standard InChI is InChI=1S/C17H18F3N5O3/c1-27-16-23-13(22-15(24-16)25-5-7-28-8-6-25)10-21-14(26)11-3-2-4-12(9-11)17(18,19)20/h2-4,9H,5-8,10H2,1H3,(H,21,26). The van der Waals surface area contributed by atoms with Gasteiger partial charge >= 0.3 is 12.2 Å². The van der Waals surface area contributed by atoms with Gasteiger partial charge in [0.25, 0.3) is 5.91 Å². The zero-order valence-electron chi connectivity index (χ0n) is 15.0. The van der Waals surface area contributed by atoms with Gasteiger partial charge in [0.05, 0.1) is 32.4 Å². The Hall–Kier alpha value is -2.95. The van der Waals surface area contributed by atoms with Gasteiger partial charge in [0.2, 0.25) is 5.95 Å². The monoisotopic (exact) mass is 397 g/mol. The van der Waals surface area contributed by atoms with E-state index in [9.17, 15) is 18.0 Å². The van der Waals surface area contributed by atoms with Crippen molar-refractivity contribution < 1.29 is 27.4 Å². The van der Waals surface area contributed by atoms with E-state index in [0.717, 1.165) is 12.1 Å². The van der Waals surface area contributed by atoms with Crippen LogP contribution in [0.4, 0.5) is 19.1 Å². The predicted molar refractivity (Wildman–Crippen MR) is 92.0 cm³/mol. The molecule has 0 saturated carbocycles. The van der Waals surface area contributed by atoms with Gasteiger partial charge in [0.1, 0.15) is 0 Å². The molecule has 2 heterocycles. The van der Waals surface area contributed by atoms with E-state index in [1.165, 1.54) is 19.2 Å². The van der Waals surface area contributed by atoms with E-state index in [1.807, 2.05) is 4.90 Å². The van der Waals surface area contributed by atoms with Crippen molar-refractivity contribution in [2.75, 3.05) is 38.3 Å². The summed E-state index contributed by atoms with van der Waals surface area (Å²) in [5, 5.41) is 2.52. The topological polar surface area (TPSA) is 89.5 Å². The lowest BCUT2D eigenvalue weighted by atomic mass is 10.1. The fourth-order valence-corrected chi connectivity index (χ4v) is 2.56. The minimum absolute atomic E-state index is 0.0832. The van der Waals surface area contributed by atoms with Crippen LogP contribution in [0, 0.1) is 0 Å². The number of alkyl halides is 3. The van der Waals surface area contributed by atoms with Crippen molar-refractivity contribution in [2.24, 2.45) is 0 Å². The third kappa shape index (κ3) is 4.85. The Bertz CT molecular complexity index is 841. The molecule has 28 heavy (non-hydrogen) atoms. The number of nitrogens with one attached hydrogen (secondary N) is 1. The van der Waals surface area contributed by atoms with Crippen molar-refractivity contribution in [2.45, 2.75) is 12.7 Å². The van der Waals surface area contributed by atoms with Crippen LogP contribution in [0.5, 0.6) is 6.01 Å². The Balaban J connectivity index is 1.72. The first kappa shape index (κ1) is 19.8. The minimum Gasteiger partial charge on any atom is -0.467 e. The van der Waals surface area contributed by atoms with Gasteiger partial charge in [-0.15, -0.1) is 0 Å². The van der Waals surface area contributed by atoms with Gasteiger partial charge in [0, 0.05) is 18.7 Å². The summed E-state index contributed by atoms with van der Waals surface area (Å²) in [6.45, 7) is 2.18. The summed E-state index contributed by atoms with van der Waals surface area (Å²) in [4.78, 5) is 26.7. The van der Waals surface area contributed by atoms with Crippen molar-refractivity contribution in [3.63, 3.8) is 0 Å². The van der Waals surface area contributed by atoms with Crippen LogP contribution >= 0.6 is 0 Å². The Morgan fingerprint density at radius 2 is 2.00 bits per heavy atom. The molecule has 1 aliphatic rings. The maximum atomic E-state index is 12.8. The van der Waals surface area contributed by atoms with Crippen LogP contribution < -0.4 is 15.0 Å². The van der Waals surface area contributed by atoms with Crippen LogP contribution in [0.1, 0.15) is 21.7 Å². The number of morpholine rings is 1. The quantitative estimate of drug-likeness (QED) is 0.821. The molecule has 8 nitrogen and oxygen atoms in total. The van der Waals surface area contributed by atoms with Gasteiger partial charge < -0.3 is 19.7 Å². The van der Waals surface area contributed by atoms with Crippen LogP contribution in [0.15, 0.2) is 24.3 Å². The van der Waals surface area contributed by atoms with Crippen LogP contribution in [-0.2, 0) is 17.5 Å². The normalized spacial score (nSPS) is 14.6. The number of aromatic nitrogens is 3. The third-order valence-electron chi connectivity index (χ3n) is 3.99. The molecular weight excluding hydrogens is 379 g/mol. The van der Waals surface area contributed by atoms with E-state index < -0.39 is 17.6 Å². The number of hydrogen-bond acceptors (Lipinski definition) is 7. The summed E-state index contributed by atoms with van der Waals surface area (Å²) in [7, 11) is 1.41. The molecule has 2 aromatic rings. The molecule has 150 valence electrons. The number of rotatable bonds is 5. The van der Waals surface area contributed by atoms with Crippen molar-refractivity contribution in [3.05, 3.63) is 41.2 Å². The number of halogens is 3. The first-order valence-electron chi connectivity index (χ1n) is 8.44. The van der Waals surface area contributed by atoms with Gasteiger partial charge in [-0.25, -0.2) is 0 Å². The molecule has 1 saturated heterocycles. The van der Waals surface area contributed by atoms with Crippen molar-refractivity contribution >= 4 is 11.9 Å². The molecule has 1 fully saturated rings. The third-order valence-corrected chi connectivity index (χ3v) is 3.99. The summed E-state index contributed by atoms with van der Waals surface area (Å²) in [5.74, 6) is -0.0504. The molecule has 0 unspecified atom stereocenters. The molecule has 1 amide bonds. The van der Waals surface area contributed by atoms with Gasteiger partial charge in [-0.1, -0.05) is 6.07 Å². The molecular formula is C17H18F3N5O3. The highest BCUT2D eigenvalue weighted by Gasteiger charge is 2.30. The fraction of sp³-hybridized carbons (Fsp3) is 0.412. The molecule has 0 spiro atoms. The molecule has 3 rings (SSSR count). The number of hydrogen-bond donors (Lipinski definition) is 1. The fourth-order valence-electron chi connectivity index (χ4n) is 2.56. The van der Waals surface area contributed by atoms with E-state index in [0.29, 0.717) is 32.3 Å². The Morgan fingerprint density at radius 1 is 1.25 bits per heavy atom. The Morgan fingerprint density at radius 3 is 2.68 bits per heavy atom. The van der Waals surface area contributed by atoms with Crippen LogP contribution in [0.2, 0.25) is 0 Å². The number of benzene rings is 1. The number of nitrogens with zero attached hydrogens (tertiary/aromatic N) is 4. The molecule has 0 aliphatic carbocycles. The predicted octanol–water partition coefficient (Wildman–Crippen LogP) is 1.67. The second kappa shape index (κ2) is 8.38. The van der Waals surface area contributed by atoms with E-state index >= 15 is 0 Å². The summed E-state index contributed by atoms with van der Waals surface area (Å²) in [6.07, 6.45) is -4.52. The first-order valence-corrected chi connectivity index (χ1v) is 8.44. The molecule has 0 bridgehead atoms. The van der Waals surface area contributed by atoms with Crippen LogP contribution in [0.25, 0.3) is 0 Å². The maximum absolute atomic E-state index is 12.8. The van der Waals surface area contributed by atoms with Crippen LogP contribution in [0.3, 0.4) is 0 Å². The van der Waals surface area contributed by atoms with E-state index in [1.54, 1.807) is 0 Å². The highest BCUT2D eigenvalue weighted by molar-refractivity contribution is 5.94. The lowest BCUT2D eigenvalue weighted by Crippen LogP contribution is -2.37. The highest BCUT2D eigenvalue weighted by atomic mass is 19.4. The first-order chi connectivity index (χ1) is 13.4. The van der Waals surface area contributed by atoms with Gasteiger partial charge in [-0.05, 0) is 18.2 Å². The summed E-state index contributed by atoms with van der Waals surface area (Å²) < 4.78 is 48.8. The zero-order valence-corrected chi connectivity index (χ0v) is 15.0. The number of carbonyl (C=O) groups is 1. The average Bonchev–Trinajstić information content (AvgIpc) is 2.72. The Kier molecular flexibility index (Phi) is 5.93. The lowest BCUT2D eigenvalue weighted by molar-refractivity contribution is -0.137. The molecule has 0 radical (unpaired) electrons.